The summed E-state index contributed by atoms with van der Waals surface area (Å²) in [6, 6.07) is 24.8. The summed E-state index contributed by atoms with van der Waals surface area (Å²) < 4.78 is 5.91. The van der Waals surface area contributed by atoms with Crippen LogP contribution in [0.15, 0.2) is 78.9 Å². The number of hydrogen-bond acceptors (Lipinski definition) is 5. The van der Waals surface area contributed by atoms with E-state index in [9.17, 15) is 14.7 Å². The molecule has 0 heterocycles. The minimum absolute atomic E-state index is 0.0550. The zero-order valence-corrected chi connectivity index (χ0v) is 18.5. The molecule has 0 saturated carbocycles. The van der Waals surface area contributed by atoms with Gasteiger partial charge in [-0.05, 0) is 67.4 Å². The van der Waals surface area contributed by atoms with E-state index in [0.29, 0.717) is 25.1 Å². The number of benzene rings is 3. The molecule has 0 bridgehead atoms. The molecular formula is C26H29N3O4. The van der Waals surface area contributed by atoms with Crippen molar-refractivity contribution in [1.82, 2.24) is 5.32 Å². The molecule has 2 unspecified atom stereocenters. The quantitative estimate of drug-likeness (QED) is 0.236. The van der Waals surface area contributed by atoms with Crippen molar-refractivity contribution in [3.63, 3.8) is 0 Å². The summed E-state index contributed by atoms with van der Waals surface area (Å²) in [7, 11) is 0. The van der Waals surface area contributed by atoms with Crippen molar-refractivity contribution < 1.29 is 19.4 Å². The molecule has 0 aliphatic rings. The molecule has 4 N–H and O–H groups in total. The van der Waals surface area contributed by atoms with Gasteiger partial charge in [-0.25, -0.2) is 0 Å². The number of carbonyl (C=O) groups excluding carboxylic acids is 2. The summed E-state index contributed by atoms with van der Waals surface area (Å²) in [4.78, 5) is 21.4. The first-order chi connectivity index (χ1) is 16.1. The summed E-state index contributed by atoms with van der Waals surface area (Å²) in [6.45, 7) is 2.28. The highest BCUT2D eigenvalue weighted by molar-refractivity contribution is 5.72. The molecule has 3 aromatic carbocycles. The first-order valence-electron chi connectivity index (χ1n) is 10.8. The Morgan fingerprint density at radius 1 is 0.818 bits per heavy atom. The highest BCUT2D eigenvalue weighted by Crippen LogP contribution is 2.29. The lowest BCUT2D eigenvalue weighted by Gasteiger charge is -2.25. The van der Waals surface area contributed by atoms with E-state index < -0.39 is 12.3 Å². The van der Waals surface area contributed by atoms with Gasteiger partial charge in [-0.3, -0.25) is 14.9 Å². The van der Waals surface area contributed by atoms with Gasteiger partial charge >= 0.3 is 0 Å². The first-order valence-corrected chi connectivity index (χ1v) is 10.8. The van der Waals surface area contributed by atoms with E-state index >= 15 is 0 Å². The second kappa shape index (κ2) is 12.4. The van der Waals surface area contributed by atoms with E-state index in [0.717, 1.165) is 28.9 Å². The third-order valence-electron chi connectivity index (χ3n) is 5.30. The van der Waals surface area contributed by atoms with E-state index in [1.807, 2.05) is 78.9 Å². The van der Waals surface area contributed by atoms with Gasteiger partial charge in [0.1, 0.15) is 11.9 Å². The van der Waals surface area contributed by atoms with E-state index in [2.05, 4.69) is 16.0 Å². The molecule has 172 valence electrons. The summed E-state index contributed by atoms with van der Waals surface area (Å²) >= 11 is 0. The summed E-state index contributed by atoms with van der Waals surface area (Å²) in [5.74, 6) is 0.739. The molecule has 0 aromatic heterocycles. The predicted octanol–water partition coefficient (Wildman–Crippen LogP) is 3.72. The Morgan fingerprint density at radius 2 is 1.33 bits per heavy atom. The summed E-state index contributed by atoms with van der Waals surface area (Å²) in [6.07, 6.45) is 0.788. The number of anilines is 2. The molecule has 7 nitrogen and oxygen atoms in total. The fourth-order valence-corrected chi connectivity index (χ4v) is 3.61. The third kappa shape index (κ3) is 7.17. The van der Waals surface area contributed by atoms with E-state index in [4.69, 9.17) is 4.74 Å². The highest BCUT2D eigenvalue weighted by Gasteiger charge is 2.19. The Balaban J connectivity index is 1.74. The van der Waals surface area contributed by atoms with Gasteiger partial charge in [0.15, 0.2) is 6.23 Å². The standard InChI is InChI=1S/C26H29N3O4/c1-19(32)26(33-24-5-3-2-4-6-24)27-16-15-25(20-7-11-22(12-8-20)28-17-30)21-9-13-23(14-10-21)29-18-31/h2-14,17-19,25-27,32H,15-16H2,1H3,(H,28,30)(H,29,31). The average Bonchev–Trinajstić information content (AvgIpc) is 2.83. The van der Waals surface area contributed by atoms with Crippen LogP contribution in [-0.2, 0) is 9.59 Å². The van der Waals surface area contributed by atoms with Crippen LogP contribution >= 0.6 is 0 Å². The number of rotatable bonds is 13. The minimum Gasteiger partial charge on any atom is -0.473 e. The van der Waals surface area contributed by atoms with Crippen molar-refractivity contribution in [2.75, 3.05) is 17.2 Å². The van der Waals surface area contributed by atoms with E-state index in [1.165, 1.54) is 0 Å². The highest BCUT2D eigenvalue weighted by atomic mass is 16.5. The number of aliphatic hydroxyl groups excluding tert-OH is 1. The van der Waals surface area contributed by atoms with Crippen LogP contribution in [0.4, 0.5) is 11.4 Å². The molecule has 0 saturated heterocycles. The fourth-order valence-electron chi connectivity index (χ4n) is 3.61. The first kappa shape index (κ1) is 24.0. The molecule has 3 aromatic rings. The normalized spacial score (nSPS) is 12.6. The minimum atomic E-state index is -0.703. The van der Waals surface area contributed by atoms with Crippen LogP contribution in [0.1, 0.15) is 30.4 Å². The van der Waals surface area contributed by atoms with E-state index in [1.54, 1.807) is 6.92 Å². The third-order valence-corrected chi connectivity index (χ3v) is 5.30. The molecule has 7 heteroatoms. The van der Waals surface area contributed by atoms with Crippen molar-refractivity contribution in [1.29, 1.82) is 0 Å². The molecule has 0 radical (unpaired) electrons. The largest absolute Gasteiger partial charge is 0.473 e. The molecule has 3 rings (SSSR count). The van der Waals surface area contributed by atoms with Crippen LogP contribution in [0.2, 0.25) is 0 Å². The Morgan fingerprint density at radius 3 is 1.79 bits per heavy atom. The number of carbonyl (C=O) groups is 2. The van der Waals surface area contributed by atoms with Crippen LogP contribution in [0.25, 0.3) is 0 Å². The molecule has 0 aliphatic heterocycles. The Bertz CT molecular complexity index is 939. The molecule has 2 atom stereocenters. The maximum atomic E-state index is 10.7. The van der Waals surface area contributed by atoms with Crippen molar-refractivity contribution in [3.05, 3.63) is 90.0 Å². The van der Waals surface area contributed by atoms with Gasteiger partial charge in [-0.2, -0.15) is 0 Å². The summed E-state index contributed by atoms with van der Waals surface area (Å²) in [5.41, 5.74) is 3.62. The molecule has 0 aliphatic carbocycles. The van der Waals surface area contributed by atoms with Crippen molar-refractivity contribution in [2.45, 2.75) is 31.6 Å². The molecule has 33 heavy (non-hydrogen) atoms. The fraction of sp³-hybridized carbons (Fsp3) is 0.231. The SMILES string of the molecule is CC(O)C(NCCC(c1ccc(NC=O)cc1)c1ccc(NC=O)cc1)Oc1ccccc1. The number of nitrogens with one attached hydrogen (secondary N) is 3. The topological polar surface area (TPSA) is 99.7 Å². The van der Waals surface area contributed by atoms with Crippen LogP contribution in [0, 0.1) is 0 Å². The lowest BCUT2D eigenvalue weighted by Crippen LogP contribution is -2.43. The smallest absolute Gasteiger partial charge is 0.211 e. The molecule has 2 amide bonds. The lowest BCUT2D eigenvalue weighted by molar-refractivity contribution is -0.106. The van der Waals surface area contributed by atoms with Gasteiger partial charge in [0.05, 0.1) is 0 Å². The second-order valence-corrected chi connectivity index (χ2v) is 7.66. The van der Waals surface area contributed by atoms with Gasteiger partial charge in [-0.1, -0.05) is 42.5 Å². The van der Waals surface area contributed by atoms with Crippen molar-refractivity contribution >= 4 is 24.2 Å². The van der Waals surface area contributed by atoms with E-state index in [-0.39, 0.29) is 5.92 Å². The predicted molar refractivity (Wildman–Crippen MR) is 129 cm³/mol. The Kier molecular flexibility index (Phi) is 8.99. The van der Waals surface area contributed by atoms with Crippen molar-refractivity contribution in [2.24, 2.45) is 0 Å². The van der Waals surface area contributed by atoms with Crippen LogP contribution in [0.5, 0.6) is 5.75 Å². The molecule has 0 fully saturated rings. The van der Waals surface area contributed by atoms with Crippen LogP contribution < -0.4 is 20.7 Å². The zero-order valence-electron chi connectivity index (χ0n) is 18.5. The zero-order chi connectivity index (χ0) is 23.5. The second-order valence-electron chi connectivity index (χ2n) is 7.66. The Hall–Kier alpha value is -3.68. The number of para-hydroxylation sites is 1. The van der Waals surface area contributed by atoms with Gasteiger partial charge < -0.3 is 20.5 Å². The molecular weight excluding hydrogens is 418 g/mol. The summed E-state index contributed by atoms with van der Waals surface area (Å²) in [5, 5.41) is 18.8. The number of amides is 2. The monoisotopic (exact) mass is 447 g/mol. The van der Waals surface area contributed by atoms with Gasteiger partial charge in [-0.15, -0.1) is 0 Å². The van der Waals surface area contributed by atoms with Gasteiger partial charge in [0.2, 0.25) is 12.8 Å². The lowest BCUT2D eigenvalue weighted by atomic mass is 9.88. The maximum Gasteiger partial charge on any atom is 0.211 e. The van der Waals surface area contributed by atoms with Gasteiger partial charge in [0, 0.05) is 17.3 Å². The average molecular weight is 448 g/mol. The number of hydrogen-bond donors (Lipinski definition) is 4. The maximum absolute atomic E-state index is 10.7. The number of aliphatic hydroxyl groups is 1. The molecule has 0 spiro atoms. The Labute approximate surface area is 193 Å². The van der Waals surface area contributed by atoms with Crippen LogP contribution in [0.3, 0.4) is 0 Å². The van der Waals surface area contributed by atoms with Crippen LogP contribution in [-0.4, -0.2) is 36.8 Å². The van der Waals surface area contributed by atoms with Crippen molar-refractivity contribution in [3.8, 4) is 5.75 Å². The van der Waals surface area contributed by atoms with Gasteiger partial charge in [0.25, 0.3) is 0 Å². The number of ether oxygens (including phenoxy) is 1.